The third-order valence-electron chi connectivity index (χ3n) is 3.16. The summed E-state index contributed by atoms with van der Waals surface area (Å²) in [5, 5.41) is 0. The maximum atomic E-state index is 12.3. The Bertz CT molecular complexity index is 435. The van der Waals surface area contributed by atoms with Crippen molar-refractivity contribution < 1.29 is 4.79 Å². The summed E-state index contributed by atoms with van der Waals surface area (Å²) in [5.41, 5.74) is 2.37. The molecule has 1 rings (SSSR count). The zero-order chi connectivity index (χ0) is 13.0. The molecule has 0 amide bonds. The van der Waals surface area contributed by atoms with Crippen molar-refractivity contribution in [1.29, 1.82) is 0 Å². The van der Waals surface area contributed by atoms with E-state index in [9.17, 15) is 4.79 Å². The van der Waals surface area contributed by atoms with E-state index in [1.807, 2.05) is 25.1 Å². The van der Waals surface area contributed by atoms with Crippen LogP contribution in [0.1, 0.15) is 42.6 Å². The van der Waals surface area contributed by atoms with E-state index in [0.29, 0.717) is 5.57 Å². The Kier molecular flexibility index (Phi) is 5.01. The largest absolute Gasteiger partial charge is 0.289 e. The van der Waals surface area contributed by atoms with Crippen molar-refractivity contribution >= 4 is 18.4 Å². The summed E-state index contributed by atoms with van der Waals surface area (Å²) in [7, 11) is 0. The van der Waals surface area contributed by atoms with E-state index >= 15 is 0 Å². The monoisotopic (exact) mass is 248 g/mol. The number of ketones is 1. The van der Waals surface area contributed by atoms with Gasteiger partial charge in [0.2, 0.25) is 0 Å². The number of carbonyl (C=O) groups is 1. The minimum Gasteiger partial charge on any atom is -0.289 e. The lowest BCUT2D eigenvalue weighted by molar-refractivity contribution is 0.102. The summed E-state index contributed by atoms with van der Waals surface area (Å²) >= 11 is 4.34. The Hall–Kier alpha value is -1.02. The van der Waals surface area contributed by atoms with Gasteiger partial charge >= 0.3 is 0 Å². The van der Waals surface area contributed by atoms with Crippen LogP contribution in [0.25, 0.3) is 0 Å². The van der Waals surface area contributed by atoms with Crippen LogP contribution in [0.3, 0.4) is 0 Å². The summed E-state index contributed by atoms with van der Waals surface area (Å²) in [5.74, 6) is 0.301. The average Bonchev–Trinajstić information content (AvgIpc) is 2.31. The Balaban J connectivity index is 2.97. The molecular formula is C15H20OS. The van der Waals surface area contributed by atoms with E-state index in [2.05, 4.69) is 33.1 Å². The van der Waals surface area contributed by atoms with Crippen LogP contribution in [0.2, 0.25) is 0 Å². The summed E-state index contributed by atoms with van der Waals surface area (Å²) in [4.78, 5) is 13.2. The minimum atomic E-state index is 0.0550. The van der Waals surface area contributed by atoms with Gasteiger partial charge in [-0.1, -0.05) is 39.0 Å². The van der Waals surface area contributed by atoms with Crippen LogP contribution in [0.5, 0.6) is 0 Å². The van der Waals surface area contributed by atoms with E-state index in [1.54, 1.807) is 0 Å². The molecule has 0 aliphatic heterocycles. The van der Waals surface area contributed by atoms with Gasteiger partial charge in [0.15, 0.2) is 5.78 Å². The predicted molar refractivity (Wildman–Crippen MR) is 76.0 cm³/mol. The molecular weight excluding hydrogens is 228 g/mol. The van der Waals surface area contributed by atoms with Crippen molar-refractivity contribution in [3.8, 4) is 0 Å². The van der Waals surface area contributed by atoms with Gasteiger partial charge in [0.1, 0.15) is 0 Å². The molecule has 0 fully saturated rings. The Morgan fingerprint density at radius 3 is 2.71 bits per heavy atom. The first-order chi connectivity index (χ1) is 7.99. The molecule has 0 N–H and O–H groups in total. The number of benzene rings is 1. The zero-order valence-electron chi connectivity index (χ0n) is 10.8. The molecule has 1 unspecified atom stereocenters. The highest BCUT2D eigenvalue weighted by molar-refractivity contribution is 7.80. The second-order valence-electron chi connectivity index (χ2n) is 4.49. The van der Waals surface area contributed by atoms with E-state index in [4.69, 9.17) is 0 Å². The van der Waals surface area contributed by atoms with Crippen LogP contribution in [0, 0.1) is 12.8 Å². The van der Waals surface area contributed by atoms with E-state index < -0.39 is 0 Å². The molecule has 0 radical (unpaired) electrons. The molecule has 0 aromatic heterocycles. The Morgan fingerprint density at radius 2 is 2.12 bits per heavy atom. The van der Waals surface area contributed by atoms with Crippen LogP contribution in [0.4, 0.5) is 0 Å². The lowest BCUT2D eigenvalue weighted by atomic mass is 9.90. The van der Waals surface area contributed by atoms with Crippen molar-refractivity contribution in [2.75, 3.05) is 0 Å². The van der Waals surface area contributed by atoms with Crippen LogP contribution in [0.15, 0.2) is 35.2 Å². The highest BCUT2D eigenvalue weighted by atomic mass is 32.1. The third-order valence-corrected chi connectivity index (χ3v) is 3.64. The molecule has 1 aromatic carbocycles. The molecule has 0 spiro atoms. The summed E-state index contributed by atoms with van der Waals surface area (Å²) in [6.07, 6.45) is 2.07. The fourth-order valence-electron chi connectivity index (χ4n) is 1.87. The standard InChI is InChI=1S/C15H20OS/c1-5-7-10(2)11(3)15(16)13-8-6-9-14(17)12(13)4/h6,8-10,17H,3,5,7H2,1-2,4H3. The molecule has 1 atom stereocenters. The first-order valence-electron chi connectivity index (χ1n) is 6.01. The molecule has 17 heavy (non-hydrogen) atoms. The van der Waals surface area contributed by atoms with Gasteiger partial charge in [-0.2, -0.15) is 0 Å². The number of hydrogen-bond acceptors (Lipinski definition) is 2. The number of rotatable bonds is 5. The first kappa shape index (κ1) is 14.0. The highest BCUT2D eigenvalue weighted by Gasteiger charge is 2.18. The molecule has 0 saturated carbocycles. The average molecular weight is 248 g/mol. The molecule has 1 aromatic rings. The third kappa shape index (κ3) is 3.22. The minimum absolute atomic E-state index is 0.0550. The topological polar surface area (TPSA) is 17.1 Å². The van der Waals surface area contributed by atoms with E-state index in [-0.39, 0.29) is 11.7 Å². The summed E-state index contributed by atoms with van der Waals surface area (Å²) in [6, 6.07) is 5.61. The Morgan fingerprint density at radius 1 is 1.47 bits per heavy atom. The second kappa shape index (κ2) is 6.06. The number of hydrogen-bond donors (Lipinski definition) is 1. The second-order valence-corrected chi connectivity index (χ2v) is 4.98. The molecule has 0 bridgehead atoms. The van der Waals surface area contributed by atoms with Crippen molar-refractivity contribution in [2.24, 2.45) is 5.92 Å². The van der Waals surface area contributed by atoms with E-state index in [0.717, 1.165) is 28.9 Å². The van der Waals surface area contributed by atoms with Gasteiger partial charge in [-0.3, -0.25) is 4.79 Å². The maximum Gasteiger partial charge on any atom is 0.188 e. The number of carbonyl (C=O) groups excluding carboxylic acids is 1. The van der Waals surface area contributed by atoms with Crippen LogP contribution >= 0.6 is 12.6 Å². The SMILES string of the molecule is C=C(C(=O)c1cccc(S)c1C)C(C)CCC. The van der Waals surface area contributed by atoms with Crippen LogP contribution in [-0.4, -0.2) is 5.78 Å². The highest BCUT2D eigenvalue weighted by Crippen LogP contribution is 2.24. The molecule has 2 heteroatoms. The Labute approximate surface area is 109 Å². The fourth-order valence-corrected chi connectivity index (χ4v) is 2.08. The lowest BCUT2D eigenvalue weighted by Crippen LogP contribution is -2.11. The predicted octanol–water partition coefficient (Wildman–Crippen LogP) is 4.46. The quantitative estimate of drug-likeness (QED) is 0.462. The van der Waals surface area contributed by atoms with Crippen LogP contribution in [-0.2, 0) is 0 Å². The smallest absolute Gasteiger partial charge is 0.188 e. The molecule has 0 heterocycles. The molecule has 92 valence electrons. The first-order valence-corrected chi connectivity index (χ1v) is 6.45. The van der Waals surface area contributed by atoms with Gasteiger partial charge in [0, 0.05) is 10.5 Å². The van der Waals surface area contributed by atoms with Crippen molar-refractivity contribution in [3.05, 3.63) is 41.5 Å². The van der Waals surface area contributed by atoms with Gasteiger partial charge in [-0.15, -0.1) is 12.6 Å². The lowest BCUT2D eigenvalue weighted by Gasteiger charge is -2.14. The van der Waals surface area contributed by atoms with Gasteiger partial charge in [0.05, 0.1) is 0 Å². The fraction of sp³-hybridized carbons (Fsp3) is 0.400. The molecule has 0 saturated heterocycles. The van der Waals surface area contributed by atoms with Gasteiger partial charge in [-0.25, -0.2) is 0 Å². The number of thiol groups is 1. The normalized spacial score (nSPS) is 12.2. The van der Waals surface area contributed by atoms with E-state index in [1.165, 1.54) is 0 Å². The molecule has 1 nitrogen and oxygen atoms in total. The van der Waals surface area contributed by atoms with Gasteiger partial charge < -0.3 is 0 Å². The molecule has 0 aliphatic rings. The van der Waals surface area contributed by atoms with Crippen LogP contribution < -0.4 is 0 Å². The number of allylic oxidation sites excluding steroid dienone is 1. The maximum absolute atomic E-state index is 12.3. The van der Waals surface area contributed by atoms with Gasteiger partial charge in [0.25, 0.3) is 0 Å². The van der Waals surface area contributed by atoms with Crippen molar-refractivity contribution in [2.45, 2.75) is 38.5 Å². The van der Waals surface area contributed by atoms with Gasteiger partial charge in [-0.05, 0) is 36.5 Å². The summed E-state index contributed by atoms with van der Waals surface area (Å²) < 4.78 is 0. The number of Topliss-reactive ketones (excluding diaryl/α,β-unsaturated/α-hetero) is 1. The van der Waals surface area contributed by atoms with Crippen molar-refractivity contribution in [1.82, 2.24) is 0 Å². The van der Waals surface area contributed by atoms with Crippen molar-refractivity contribution in [3.63, 3.8) is 0 Å². The summed E-state index contributed by atoms with van der Waals surface area (Å²) in [6.45, 7) is 10.0. The zero-order valence-corrected chi connectivity index (χ0v) is 11.7. The molecule has 0 aliphatic carbocycles.